The lowest BCUT2D eigenvalue weighted by Gasteiger charge is -2.39. The van der Waals surface area contributed by atoms with E-state index in [2.05, 4.69) is 4.98 Å². The summed E-state index contributed by atoms with van der Waals surface area (Å²) in [6, 6.07) is 10.2. The van der Waals surface area contributed by atoms with Crippen molar-refractivity contribution in [3.05, 3.63) is 69.4 Å². The van der Waals surface area contributed by atoms with Crippen molar-refractivity contribution in [2.45, 2.75) is 13.0 Å². The zero-order valence-corrected chi connectivity index (χ0v) is 15.5. The van der Waals surface area contributed by atoms with Gasteiger partial charge in [-0.2, -0.15) is 0 Å². The number of amides is 1. The van der Waals surface area contributed by atoms with Gasteiger partial charge in [-0.05, 0) is 36.8 Å². The SMILES string of the molecule is C[C@H]1CN(c2ncccc2[N+](=O)[O-])CCN1C(=O)C=Cc1cccc(Cl)c1. The van der Waals surface area contributed by atoms with Crippen molar-refractivity contribution in [1.29, 1.82) is 0 Å². The van der Waals surface area contributed by atoms with Gasteiger partial charge in [0.25, 0.3) is 0 Å². The van der Waals surface area contributed by atoms with Crippen LogP contribution in [0.15, 0.2) is 48.7 Å². The third-order valence-electron chi connectivity index (χ3n) is 4.44. The highest BCUT2D eigenvalue weighted by atomic mass is 35.5. The van der Waals surface area contributed by atoms with Gasteiger partial charge >= 0.3 is 5.69 Å². The van der Waals surface area contributed by atoms with Crippen LogP contribution in [0, 0.1) is 10.1 Å². The molecule has 1 fully saturated rings. The van der Waals surface area contributed by atoms with E-state index >= 15 is 0 Å². The average molecular weight is 387 g/mol. The summed E-state index contributed by atoms with van der Waals surface area (Å²) in [5.41, 5.74) is 0.830. The third kappa shape index (κ3) is 4.43. The number of rotatable bonds is 4. The van der Waals surface area contributed by atoms with E-state index in [1.165, 1.54) is 18.3 Å². The molecule has 0 unspecified atom stereocenters. The molecule has 3 rings (SSSR count). The minimum absolute atomic E-state index is 0.0228. The molecule has 0 saturated carbocycles. The second kappa shape index (κ2) is 8.18. The Balaban J connectivity index is 1.68. The monoisotopic (exact) mass is 386 g/mol. The van der Waals surface area contributed by atoms with Crippen LogP contribution in [0.5, 0.6) is 0 Å². The van der Waals surface area contributed by atoms with E-state index in [1.54, 1.807) is 29.2 Å². The fourth-order valence-electron chi connectivity index (χ4n) is 3.13. The lowest BCUT2D eigenvalue weighted by Crippen LogP contribution is -2.54. The van der Waals surface area contributed by atoms with Gasteiger partial charge < -0.3 is 9.80 Å². The van der Waals surface area contributed by atoms with E-state index in [9.17, 15) is 14.9 Å². The summed E-state index contributed by atoms with van der Waals surface area (Å²) in [6.07, 6.45) is 4.80. The molecule has 27 heavy (non-hydrogen) atoms. The lowest BCUT2D eigenvalue weighted by molar-refractivity contribution is -0.384. The van der Waals surface area contributed by atoms with Gasteiger partial charge in [-0.1, -0.05) is 23.7 Å². The number of nitrogens with zero attached hydrogens (tertiary/aromatic N) is 4. The Morgan fingerprint density at radius 1 is 1.33 bits per heavy atom. The molecule has 1 aromatic carbocycles. The van der Waals surface area contributed by atoms with Crippen molar-refractivity contribution in [3.63, 3.8) is 0 Å². The van der Waals surface area contributed by atoms with Gasteiger partial charge in [0.1, 0.15) is 0 Å². The van der Waals surface area contributed by atoms with Crippen LogP contribution in [0.25, 0.3) is 6.08 Å². The molecule has 2 aromatic rings. The van der Waals surface area contributed by atoms with Crippen LogP contribution < -0.4 is 4.90 Å². The number of anilines is 1. The molecule has 0 bridgehead atoms. The Hall–Kier alpha value is -2.93. The molecule has 1 aliphatic heterocycles. The molecule has 1 aliphatic rings. The zero-order chi connectivity index (χ0) is 19.4. The third-order valence-corrected chi connectivity index (χ3v) is 4.68. The summed E-state index contributed by atoms with van der Waals surface area (Å²) in [7, 11) is 0. The highest BCUT2D eigenvalue weighted by Crippen LogP contribution is 2.27. The summed E-state index contributed by atoms with van der Waals surface area (Å²) in [5.74, 6) is 0.244. The molecular weight excluding hydrogens is 368 g/mol. The van der Waals surface area contributed by atoms with Crippen LogP contribution in [0.3, 0.4) is 0 Å². The Labute approximate surface area is 162 Å². The molecule has 7 nitrogen and oxygen atoms in total. The first kappa shape index (κ1) is 18.8. The normalized spacial score (nSPS) is 17.3. The van der Waals surface area contributed by atoms with E-state index in [4.69, 9.17) is 11.6 Å². The topological polar surface area (TPSA) is 79.6 Å². The van der Waals surface area contributed by atoms with E-state index in [1.807, 2.05) is 24.0 Å². The Bertz CT molecular complexity index is 887. The van der Waals surface area contributed by atoms with Gasteiger partial charge in [0.2, 0.25) is 11.7 Å². The summed E-state index contributed by atoms with van der Waals surface area (Å²) >= 11 is 5.95. The summed E-state index contributed by atoms with van der Waals surface area (Å²) in [6.45, 7) is 3.35. The highest BCUT2D eigenvalue weighted by Gasteiger charge is 2.30. The van der Waals surface area contributed by atoms with Gasteiger partial charge in [-0.15, -0.1) is 0 Å². The molecule has 0 aliphatic carbocycles. The van der Waals surface area contributed by atoms with Crippen LogP contribution in [0.2, 0.25) is 5.02 Å². The number of hydrogen-bond donors (Lipinski definition) is 0. The molecule has 1 atom stereocenters. The van der Waals surface area contributed by atoms with Gasteiger partial charge in [-0.3, -0.25) is 14.9 Å². The Morgan fingerprint density at radius 2 is 2.15 bits per heavy atom. The molecule has 1 saturated heterocycles. The van der Waals surface area contributed by atoms with Crippen LogP contribution in [0.4, 0.5) is 11.5 Å². The fourth-order valence-corrected chi connectivity index (χ4v) is 3.32. The zero-order valence-electron chi connectivity index (χ0n) is 14.8. The summed E-state index contributed by atoms with van der Waals surface area (Å²) in [5, 5.41) is 11.8. The van der Waals surface area contributed by atoms with Crippen LogP contribution >= 0.6 is 11.6 Å². The molecule has 0 radical (unpaired) electrons. The quantitative estimate of drug-likeness (QED) is 0.457. The van der Waals surface area contributed by atoms with Crippen molar-refractivity contribution in [2.75, 3.05) is 24.5 Å². The number of hydrogen-bond acceptors (Lipinski definition) is 5. The second-order valence-electron chi connectivity index (χ2n) is 6.32. The number of benzene rings is 1. The molecule has 2 heterocycles. The number of carbonyl (C=O) groups is 1. The fraction of sp³-hybridized carbons (Fsp3) is 0.263. The summed E-state index contributed by atoms with van der Waals surface area (Å²) in [4.78, 5) is 31.1. The lowest BCUT2D eigenvalue weighted by atomic mass is 10.1. The first-order valence-electron chi connectivity index (χ1n) is 8.54. The van der Waals surface area contributed by atoms with Gasteiger partial charge in [0.05, 0.1) is 4.92 Å². The molecule has 1 aromatic heterocycles. The Morgan fingerprint density at radius 3 is 2.85 bits per heavy atom. The maximum absolute atomic E-state index is 12.5. The van der Waals surface area contributed by atoms with Crippen molar-refractivity contribution in [1.82, 2.24) is 9.88 Å². The predicted octanol–water partition coefficient (Wildman–Crippen LogP) is 3.39. The maximum atomic E-state index is 12.5. The standard InChI is InChI=1S/C19H19ClN4O3/c1-14-13-22(19-17(24(26)27)6-3-9-21-19)10-11-23(14)18(25)8-7-15-4-2-5-16(20)12-15/h2-9,12,14H,10-11,13H2,1H3/t14-/m0/s1. The maximum Gasteiger partial charge on any atom is 0.311 e. The first-order valence-corrected chi connectivity index (χ1v) is 8.92. The van der Waals surface area contributed by atoms with Crippen molar-refractivity contribution in [3.8, 4) is 0 Å². The number of nitro groups is 1. The summed E-state index contributed by atoms with van der Waals surface area (Å²) < 4.78 is 0. The first-order chi connectivity index (χ1) is 13.0. The Kier molecular flexibility index (Phi) is 5.71. The highest BCUT2D eigenvalue weighted by molar-refractivity contribution is 6.30. The van der Waals surface area contributed by atoms with E-state index in [-0.39, 0.29) is 17.6 Å². The molecule has 140 valence electrons. The van der Waals surface area contributed by atoms with E-state index in [0.29, 0.717) is 30.5 Å². The van der Waals surface area contributed by atoms with Crippen molar-refractivity contribution in [2.24, 2.45) is 0 Å². The van der Waals surface area contributed by atoms with Crippen molar-refractivity contribution >= 4 is 35.1 Å². The van der Waals surface area contributed by atoms with E-state index in [0.717, 1.165) is 5.56 Å². The van der Waals surface area contributed by atoms with Crippen LogP contribution in [-0.2, 0) is 4.79 Å². The van der Waals surface area contributed by atoms with Gasteiger partial charge in [-0.25, -0.2) is 4.98 Å². The number of aromatic nitrogens is 1. The number of piperazine rings is 1. The number of pyridine rings is 1. The smallest absolute Gasteiger partial charge is 0.311 e. The minimum Gasteiger partial charge on any atom is -0.347 e. The molecular formula is C19H19ClN4O3. The van der Waals surface area contributed by atoms with Crippen LogP contribution in [-0.4, -0.2) is 46.4 Å². The molecule has 1 amide bonds. The van der Waals surface area contributed by atoms with Crippen LogP contribution in [0.1, 0.15) is 12.5 Å². The van der Waals surface area contributed by atoms with E-state index < -0.39 is 4.92 Å². The predicted molar refractivity (Wildman–Crippen MR) is 105 cm³/mol. The van der Waals surface area contributed by atoms with Crippen molar-refractivity contribution < 1.29 is 9.72 Å². The second-order valence-corrected chi connectivity index (χ2v) is 6.75. The number of carbonyl (C=O) groups excluding carboxylic acids is 1. The average Bonchev–Trinajstić information content (AvgIpc) is 2.66. The van der Waals surface area contributed by atoms with Gasteiger partial charge in [0.15, 0.2) is 0 Å². The number of halogens is 1. The molecule has 0 N–H and O–H groups in total. The largest absolute Gasteiger partial charge is 0.347 e. The molecule has 0 spiro atoms. The minimum atomic E-state index is -0.432. The van der Waals surface area contributed by atoms with Gasteiger partial charge in [0, 0.05) is 49.0 Å². The molecule has 8 heteroatoms.